The van der Waals surface area contributed by atoms with Gasteiger partial charge in [-0.05, 0) is 42.3 Å². The third-order valence-electron chi connectivity index (χ3n) is 4.24. The molecule has 0 fully saturated rings. The van der Waals surface area contributed by atoms with E-state index in [1.54, 1.807) is 60.7 Å². The van der Waals surface area contributed by atoms with Gasteiger partial charge in [0.15, 0.2) is 11.5 Å². The monoisotopic (exact) mass is 359 g/mol. The molecular weight excluding hydrogens is 341 g/mol. The molecule has 0 heterocycles. The summed E-state index contributed by atoms with van der Waals surface area (Å²) in [4.78, 5) is 15.9. The van der Waals surface area contributed by atoms with Gasteiger partial charge in [0.25, 0.3) is 0 Å². The number of carbonyl (C=O) groups excluding carboxylic acids is 1. The largest absolute Gasteiger partial charge is 0.486 e. The predicted octanol–water partition coefficient (Wildman–Crippen LogP) is 5.94. The van der Waals surface area contributed by atoms with E-state index >= 15 is 0 Å². The molecule has 0 amide bonds. The van der Waals surface area contributed by atoms with Crippen molar-refractivity contribution in [3.8, 4) is 5.75 Å². The fourth-order valence-electron chi connectivity index (χ4n) is 2.72. The SMILES string of the molecule is [C-]#[N+]c1ccc(CC(=O)c2cccc(O[C@H](C)c3ccc(F)cc3)c2)cc1. The second-order valence-electron chi connectivity index (χ2n) is 6.22. The third kappa shape index (κ3) is 4.80. The fraction of sp³-hybridized carbons (Fsp3) is 0.130. The first-order valence-corrected chi connectivity index (χ1v) is 8.57. The number of hydrogen-bond donors (Lipinski definition) is 0. The summed E-state index contributed by atoms with van der Waals surface area (Å²) in [5, 5.41) is 0. The molecule has 3 rings (SSSR count). The quantitative estimate of drug-likeness (QED) is 0.403. The van der Waals surface area contributed by atoms with E-state index in [1.165, 1.54) is 12.1 Å². The van der Waals surface area contributed by atoms with Crippen LogP contribution in [0, 0.1) is 12.4 Å². The van der Waals surface area contributed by atoms with Gasteiger partial charge in [0, 0.05) is 12.0 Å². The molecule has 0 aliphatic rings. The van der Waals surface area contributed by atoms with Crippen LogP contribution in [0.5, 0.6) is 5.75 Å². The van der Waals surface area contributed by atoms with Crippen LogP contribution < -0.4 is 4.74 Å². The molecule has 0 aromatic heterocycles. The zero-order chi connectivity index (χ0) is 19.2. The number of hydrogen-bond acceptors (Lipinski definition) is 2. The molecule has 0 unspecified atom stereocenters. The van der Waals surface area contributed by atoms with Gasteiger partial charge in [-0.2, -0.15) is 0 Å². The fourth-order valence-corrected chi connectivity index (χ4v) is 2.72. The molecule has 0 N–H and O–H groups in total. The number of carbonyl (C=O) groups is 1. The Morgan fingerprint density at radius 3 is 2.44 bits per heavy atom. The highest BCUT2D eigenvalue weighted by atomic mass is 19.1. The van der Waals surface area contributed by atoms with Crippen LogP contribution in [0.1, 0.15) is 34.5 Å². The van der Waals surface area contributed by atoms with Gasteiger partial charge in [0.05, 0.1) is 6.57 Å². The lowest BCUT2D eigenvalue weighted by Crippen LogP contribution is -2.06. The minimum Gasteiger partial charge on any atom is -0.486 e. The topological polar surface area (TPSA) is 30.7 Å². The first-order chi connectivity index (χ1) is 13.0. The molecule has 134 valence electrons. The summed E-state index contributed by atoms with van der Waals surface area (Å²) in [7, 11) is 0. The molecule has 0 saturated carbocycles. The molecule has 1 atom stereocenters. The summed E-state index contributed by atoms with van der Waals surface area (Å²) in [6, 6.07) is 20.2. The molecule has 27 heavy (non-hydrogen) atoms. The highest BCUT2D eigenvalue weighted by molar-refractivity contribution is 5.97. The lowest BCUT2D eigenvalue weighted by atomic mass is 10.0. The average molecular weight is 359 g/mol. The Hall–Kier alpha value is -3.45. The summed E-state index contributed by atoms with van der Waals surface area (Å²) >= 11 is 0. The highest BCUT2D eigenvalue weighted by Crippen LogP contribution is 2.23. The molecule has 0 saturated heterocycles. The zero-order valence-electron chi connectivity index (χ0n) is 14.9. The Morgan fingerprint density at radius 1 is 1.07 bits per heavy atom. The van der Waals surface area contributed by atoms with Crippen LogP contribution >= 0.6 is 0 Å². The molecule has 0 spiro atoms. The molecule has 3 aromatic carbocycles. The van der Waals surface area contributed by atoms with Crippen LogP contribution in [-0.2, 0) is 6.42 Å². The summed E-state index contributed by atoms with van der Waals surface area (Å²) in [6.07, 6.45) is -0.00738. The van der Waals surface area contributed by atoms with Gasteiger partial charge in [-0.3, -0.25) is 4.79 Å². The molecule has 0 bridgehead atoms. The second-order valence-corrected chi connectivity index (χ2v) is 6.22. The van der Waals surface area contributed by atoms with E-state index in [0.717, 1.165) is 11.1 Å². The van der Waals surface area contributed by atoms with Crippen LogP contribution in [0.3, 0.4) is 0 Å². The summed E-state index contributed by atoms with van der Waals surface area (Å²) in [5.41, 5.74) is 2.83. The van der Waals surface area contributed by atoms with Crippen molar-refractivity contribution < 1.29 is 13.9 Å². The maximum atomic E-state index is 13.0. The standard InChI is InChI=1S/C23H18FNO2/c1-16(18-8-10-20(24)11-9-18)27-22-5-3-4-19(15-22)23(26)14-17-6-12-21(25-2)13-7-17/h3-13,15-16H,14H2,1H3/t16-/m1/s1. The van der Waals surface area contributed by atoms with Crippen molar-refractivity contribution in [2.24, 2.45) is 0 Å². The van der Waals surface area contributed by atoms with Gasteiger partial charge in [0.2, 0.25) is 0 Å². The first kappa shape index (κ1) is 18.3. The van der Waals surface area contributed by atoms with Crippen LogP contribution in [0.4, 0.5) is 10.1 Å². The van der Waals surface area contributed by atoms with E-state index in [2.05, 4.69) is 4.85 Å². The number of ether oxygens (including phenoxy) is 1. The van der Waals surface area contributed by atoms with Gasteiger partial charge in [-0.25, -0.2) is 9.24 Å². The molecule has 0 aliphatic heterocycles. The van der Waals surface area contributed by atoms with Crippen LogP contribution in [-0.4, -0.2) is 5.78 Å². The minimum atomic E-state index is -0.289. The van der Waals surface area contributed by atoms with Gasteiger partial charge in [-0.1, -0.05) is 48.5 Å². The van der Waals surface area contributed by atoms with E-state index in [0.29, 0.717) is 17.0 Å². The Bertz CT molecular complexity index is 973. The summed E-state index contributed by atoms with van der Waals surface area (Å²) < 4.78 is 19.0. The van der Waals surface area contributed by atoms with Crippen molar-refractivity contribution in [1.82, 2.24) is 0 Å². The second kappa shape index (κ2) is 8.29. The minimum absolute atomic E-state index is 0.0227. The number of halogens is 1. The summed E-state index contributed by atoms with van der Waals surface area (Å²) in [5.74, 6) is 0.273. The molecular formula is C23H18FNO2. The Morgan fingerprint density at radius 2 is 1.78 bits per heavy atom. The maximum Gasteiger partial charge on any atom is 0.187 e. The number of ketones is 1. The van der Waals surface area contributed by atoms with Gasteiger partial charge in [-0.15, -0.1) is 0 Å². The third-order valence-corrected chi connectivity index (χ3v) is 4.24. The number of rotatable bonds is 6. The van der Waals surface area contributed by atoms with E-state index in [-0.39, 0.29) is 24.1 Å². The lowest BCUT2D eigenvalue weighted by Gasteiger charge is -2.15. The van der Waals surface area contributed by atoms with E-state index < -0.39 is 0 Å². The summed E-state index contributed by atoms with van der Waals surface area (Å²) in [6.45, 7) is 8.84. The zero-order valence-corrected chi connectivity index (χ0v) is 14.9. The van der Waals surface area contributed by atoms with Crippen molar-refractivity contribution in [2.75, 3.05) is 0 Å². The van der Waals surface area contributed by atoms with E-state index in [9.17, 15) is 9.18 Å². The Kier molecular flexibility index (Phi) is 5.63. The van der Waals surface area contributed by atoms with Gasteiger partial charge < -0.3 is 4.74 Å². The smallest absolute Gasteiger partial charge is 0.187 e. The highest BCUT2D eigenvalue weighted by Gasteiger charge is 2.11. The van der Waals surface area contributed by atoms with Crippen LogP contribution in [0.15, 0.2) is 72.8 Å². The van der Waals surface area contributed by atoms with Crippen molar-refractivity contribution in [3.63, 3.8) is 0 Å². The lowest BCUT2D eigenvalue weighted by molar-refractivity contribution is 0.0992. The van der Waals surface area contributed by atoms with Crippen molar-refractivity contribution in [3.05, 3.63) is 107 Å². The van der Waals surface area contributed by atoms with Crippen LogP contribution in [0.2, 0.25) is 0 Å². The molecule has 4 heteroatoms. The molecule has 3 nitrogen and oxygen atoms in total. The maximum absolute atomic E-state index is 13.0. The molecule has 0 radical (unpaired) electrons. The number of benzene rings is 3. The van der Waals surface area contributed by atoms with Crippen molar-refractivity contribution in [2.45, 2.75) is 19.4 Å². The molecule has 0 aliphatic carbocycles. The normalized spacial score (nSPS) is 11.4. The van der Waals surface area contributed by atoms with Crippen molar-refractivity contribution in [1.29, 1.82) is 0 Å². The number of nitrogens with zero attached hydrogens (tertiary/aromatic N) is 1. The van der Waals surface area contributed by atoms with E-state index in [4.69, 9.17) is 11.3 Å². The van der Waals surface area contributed by atoms with E-state index in [1.807, 2.05) is 6.92 Å². The Labute approximate surface area is 157 Å². The Balaban J connectivity index is 1.69. The van der Waals surface area contributed by atoms with Crippen molar-refractivity contribution >= 4 is 11.5 Å². The van der Waals surface area contributed by atoms with Crippen LogP contribution in [0.25, 0.3) is 4.85 Å². The van der Waals surface area contributed by atoms with Gasteiger partial charge >= 0.3 is 0 Å². The van der Waals surface area contributed by atoms with Gasteiger partial charge in [0.1, 0.15) is 17.7 Å². The molecule has 3 aromatic rings. The predicted molar refractivity (Wildman–Crippen MR) is 103 cm³/mol. The average Bonchev–Trinajstić information content (AvgIpc) is 2.69. The first-order valence-electron chi connectivity index (χ1n) is 8.57. The number of Topliss-reactive ketones (excluding diaryl/α,β-unsaturated/α-hetero) is 1.